The minimum absolute atomic E-state index is 0.189. The molecule has 0 aliphatic carbocycles. The monoisotopic (exact) mass is 154 g/mol. The van der Waals surface area contributed by atoms with Crippen molar-refractivity contribution in [2.75, 3.05) is 6.61 Å². The van der Waals surface area contributed by atoms with Crippen molar-refractivity contribution in [2.24, 2.45) is 0 Å². The van der Waals surface area contributed by atoms with Crippen LogP contribution in [0.2, 0.25) is 0 Å². The largest absolute Gasteiger partial charge is 0.392 e. The topological polar surface area (TPSA) is 20.2 Å². The third-order valence-electron chi connectivity index (χ3n) is 1.77. The minimum Gasteiger partial charge on any atom is -0.392 e. The Labute approximate surface area is 69.4 Å². The first kappa shape index (κ1) is 10.4. The number of hydrogen-bond donors (Lipinski definition) is 1. The number of aliphatic hydroxyl groups is 1. The summed E-state index contributed by atoms with van der Waals surface area (Å²) in [6.45, 7) is 6.32. The van der Waals surface area contributed by atoms with E-state index in [0.717, 1.165) is 18.4 Å². The van der Waals surface area contributed by atoms with Gasteiger partial charge in [0.1, 0.15) is 0 Å². The molecule has 0 aliphatic rings. The highest BCUT2D eigenvalue weighted by molar-refractivity contribution is 5.02. The molecule has 0 atom stereocenters. The molecule has 64 valence electrons. The maximum Gasteiger partial charge on any atom is 0.0639 e. The number of aliphatic hydroxyl groups excluding tert-OH is 1. The Kier molecular flexibility index (Phi) is 5.86. The SMILES string of the molecule is C/C=C(/C)CCC=C(C)CO. The van der Waals surface area contributed by atoms with E-state index in [1.165, 1.54) is 5.57 Å². The van der Waals surface area contributed by atoms with Crippen LogP contribution in [-0.2, 0) is 0 Å². The van der Waals surface area contributed by atoms with Gasteiger partial charge in [-0.15, -0.1) is 0 Å². The highest BCUT2D eigenvalue weighted by Gasteiger charge is 1.87. The fourth-order valence-corrected chi connectivity index (χ4v) is 0.755. The summed E-state index contributed by atoms with van der Waals surface area (Å²) in [5.41, 5.74) is 2.47. The Bertz CT molecular complexity index is 154. The zero-order chi connectivity index (χ0) is 8.69. The van der Waals surface area contributed by atoms with Crippen molar-refractivity contribution in [3.63, 3.8) is 0 Å². The maximum absolute atomic E-state index is 8.67. The fourth-order valence-electron chi connectivity index (χ4n) is 0.755. The van der Waals surface area contributed by atoms with Gasteiger partial charge in [0.15, 0.2) is 0 Å². The van der Waals surface area contributed by atoms with E-state index in [4.69, 9.17) is 5.11 Å². The van der Waals surface area contributed by atoms with Crippen molar-refractivity contribution in [3.05, 3.63) is 23.3 Å². The van der Waals surface area contributed by atoms with Crippen LogP contribution >= 0.6 is 0 Å². The summed E-state index contributed by atoms with van der Waals surface area (Å²) < 4.78 is 0. The van der Waals surface area contributed by atoms with Gasteiger partial charge in [0.05, 0.1) is 6.61 Å². The third kappa shape index (κ3) is 5.86. The highest BCUT2D eigenvalue weighted by atomic mass is 16.3. The average Bonchev–Trinajstić information content (AvgIpc) is 2.04. The molecule has 1 nitrogen and oxygen atoms in total. The Morgan fingerprint density at radius 2 is 1.91 bits per heavy atom. The van der Waals surface area contributed by atoms with Crippen molar-refractivity contribution >= 4 is 0 Å². The summed E-state index contributed by atoms with van der Waals surface area (Å²) in [6.07, 6.45) is 6.37. The molecule has 0 heterocycles. The maximum atomic E-state index is 8.67. The lowest BCUT2D eigenvalue weighted by Crippen LogP contribution is -1.83. The van der Waals surface area contributed by atoms with Gasteiger partial charge >= 0.3 is 0 Å². The average molecular weight is 154 g/mol. The van der Waals surface area contributed by atoms with Gasteiger partial charge in [-0.25, -0.2) is 0 Å². The summed E-state index contributed by atoms with van der Waals surface area (Å²) >= 11 is 0. The quantitative estimate of drug-likeness (QED) is 0.617. The van der Waals surface area contributed by atoms with E-state index in [2.05, 4.69) is 26.0 Å². The molecule has 0 aromatic carbocycles. The normalized spacial score (nSPS) is 13.8. The van der Waals surface area contributed by atoms with Crippen LogP contribution in [0.5, 0.6) is 0 Å². The molecule has 0 spiro atoms. The van der Waals surface area contributed by atoms with Gasteiger partial charge in [-0.1, -0.05) is 23.3 Å². The van der Waals surface area contributed by atoms with E-state index >= 15 is 0 Å². The van der Waals surface area contributed by atoms with Crippen molar-refractivity contribution in [1.29, 1.82) is 0 Å². The van der Waals surface area contributed by atoms with Crippen LogP contribution in [0.25, 0.3) is 0 Å². The molecule has 0 aromatic heterocycles. The Hall–Kier alpha value is -0.560. The van der Waals surface area contributed by atoms with Gasteiger partial charge in [-0.05, 0) is 33.6 Å². The van der Waals surface area contributed by atoms with Gasteiger partial charge in [-0.3, -0.25) is 0 Å². The fraction of sp³-hybridized carbons (Fsp3) is 0.600. The predicted octanol–water partition coefficient (Wildman–Crippen LogP) is 2.67. The Morgan fingerprint density at radius 1 is 1.27 bits per heavy atom. The van der Waals surface area contributed by atoms with Crippen LogP contribution in [0.15, 0.2) is 23.3 Å². The summed E-state index contributed by atoms with van der Waals surface area (Å²) in [5, 5.41) is 8.67. The van der Waals surface area contributed by atoms with E-state index < -0.39 is 0 Å². The van der Waals surface area contributed by atoms with Crippen molar-refractivity contribution in [1.82, 2.24) is 0 Å². The summed E-state index contributed by atoms with van der Waals surface area (Å²) in [6, 6.07) is 0. The zero-order valence-corrected chi connectivity index (χ0v) is 7.72. The Morgan fingerprint density at radius 3 is 2.36 bits per heavy atom. The van der Waals surface area contributed by atoms with E-state index in [1.807, 2.05) is 6.92 Å². The summed E-state index contributed by atoms with van der Waals surface area (Å²) in [5.74, 6) is 0. The van der Waals surface area contributed by atoms with Crippen LogP contribution in [0.3, 0.4) is 0 Å². The molecule has 0 bridgehead atoms. The van der Waals surface area contributed by atoms with Crippen LogP contribution in [0.1, 0.15) is 33.6 Å². The molecular weight excluding hydrogens is 136 g/mol. The van der Waals surface area contributed by atoms with Gasteiger partial charge in [0.25, 0.3) is 0 Å². The highest BCUT2D eigenvalue weighted by Crippen LogP contribution is 2.05. The lowest BCUT2D eigenvalue weighted by Gasteiger charge is -1.97. The molecular formula is C10H18O. The van der Waals surface area contributed by atoms with E-state index in [9.17, 15) is 0 Å². The van der Waals surface area contributed by atoms with Crippen LogP contribution < -0.4 is 0 Å². The molecule has 0 rings (SSSR count). The molecule has 0 unspecified atom stereocenters. The first-order chi connectivity index (χ1) is 5.20. The van der Waals surface area contributed by atoms with Crippen LogP contribution in [0.4, 0.5) is 0 Å². The Balaban J connectivity index is 3.56. The minimum atomic E-state index is 0.189. The summed E-state index contributed by atoms with van der Waals surface area (Å²) in [7, 11) is 0. The molecule has 0 fully saturated rings. The molecule has 0 saturated carbocycles. The van der Waals surface area contributed by atoms with E-state index in [0.29, 0.717) is 0 Å². The van der Waals surface area contributed by atoms with Crippen LogP contribution in [-0.4, -0.2) is 11.7 Å². The number of rotatable bonds is 4. The van der Waals surface area contributed by atoms with Crippen molar-refractivity contribution in [2.45, 2.75) is 33.6 Å². The number of hydrogen-bond acceptors (Lipinski definition) is 1. The summed E-state index contributed by atoms with van der Waals surface area (Å²) in [4.78, 5) is 0. The molecule has 0 aromatic rings. The molecule has 1 N–H and O–H groups in total. The second-order valence-corrected chi connectivity index (χ2v) is 2.88. The predicted molar refractivity (Wildman–Crippen MR) is 49.5 cm³/mol. The standard InChI is InChI=1S/C10H18O/c1-4-9(2)6-5-7-10(3)8-11/h4,7,11H,5-6,8H2,1-3H3/b9-4-,10-7?. The van der Waals surface area contributed by atoms with Gasteiger partial charge < -0.3 is 5.11 Å². The molecule has 0 amide bonds. The molecule has 0 radical (unpaired) electrons. The molecule has 0 saturated heterocycles. The second-order valence-electron chi connectivity index (χ2n) is 2.88. The van der Waals surface area contributed by atoms with Gasteiger partial charge in [0.2, 0.25) is 0 Å². The zero-order valence-electron chi connectivity index (χ0n) is 7.72. The number of allylic oxidation sites excluding steroid dienone is 3. The van der Waals surface area contributed by atoms with Crippen LogP contribution in [0, 0.1) is 0 Å². The molecule has 11 heavy (non-hydrogen) atoms. The second kappa shape index (κ2) is 6.17. The molecule has 0 aliphatic heterocycles. The van der Waals surface area contributed by atoms with Gasteiger partial charge in [0, 0.05) is 0 Å². The van der Waals surface area contributed by atoms with Crippen molar-refractivity contribution < 1.29 is 5.11 Å². The first-order valence-corrected chi connectivity index (χ1v) is 4.09. The van der Waals surface area contributed by atoms with E-state index in [1.54, 1.807) is 0 Å². The smallest absolute Gasteiger partial charge is 0.0639 e. The lowest BCUT2D eigenvalue weighted by molar-refractivity contribution is 0.331. The molecule has 1 heteroatoms. The first-order valence-electron chi connectivity index (χ1n) is 4.09. The van der Waals surface area contributed by atoms with Crippen molar-refractivity contribution in [3.8, 4) is 0 Å². The third-order valence-corrected chi connectivity index (χ3v) is 1.77. The van der Waals surface area contributed by atoms with Gasteiger partial charge in [-0.2, -0.15) is 0 Å². The lowest BCUT2D eigenvalue weighted by atomic mass is 10.1. The van der Waals surface area contributed by atoms with E-state index in [-0.39, 0.29) is 6.61 Å².